The molecule has 0 aromatic carbocycles. The van der Waals surface area contributed by atoms with Crippen LogP contribution in [0.5, 0.6) is 0 Å². The average Bonchev–Trinajstić information content (AvgIpc) is 2.80. The molecule has 0 atom stereocenters. The number of anilines is 1. The molecule has 0 aliphatic heterocycles. The maximum Gasteiger partial charge on any atom is 0.251 e. The lowest BCUT2D eigenvalue weighted by atomic mass is 10.2. The Morgan fingerprint density at radius 3 is 3.05 bits per heavy atom. The molecular formula is C13H19N5OS. The van der Waals surface area contributed by atoms with E-state index in [0.29, 0.717) is 11.0 Å². The molecule has 0 spiro atoms. The lowest BCUT2D eigenvalue weighted by molar-refractivity contribution is 0.608. The lowest BCUT2D eigenvalue weighted by Gasteiger charge is -2.04. The number of aryl methyl sites for hydroxylation is 2. The van der Waals surface area contributed by atoms with E-state index in [-0.39, 0.29) is 5.56 Å². The van der Waals surface area contributed by atoms with Crippen molar-refractivity contribution in [2.45, 2.75) is 37.9 Å². The SMILES string of the molecule is CCCc1cc(=O)[nH]c(SCCCn2ccc(N)n2)n1. The summed E-state index contributed by atoms with van der Waals surface area (Å²) in [6.45, 7) is 2.88. The van der Waals surface area contributed by atoms with Crippen LogP contribution in [0.4, 0.5) is 5.82 Å². The van der Waals surface area contributed by atoms with Gasteiger partial charge in [0.15, 0.2) is 5.16 Å². The van der Waals surface area contributed by atoms with Gasteiger partial charge in [0.25, 0.3) is 5.56 Å². The summed E-state index contributed by atoms with van der Waals surface area (Å²) in [6, 6.07) is 3.35. The Morgan fingerprint density at radius 2 is 2.35 bits per heavy atom. The van der Waals surface area contributed by atoms with Gasteiger partial charge in [-0.05, 0) is 18.9 Å². The molecule has 0 radical (unpaired) electrons. The normalized spacial score (nSPS) is 10.8. The van der Waals surface area contributed by atoms with Crippen molar-refractivity contribution >= 4 is 17.6 Å². The van der Waals surface area contributed by atoms with E-state index in [4.69, 9.17) is 5.73 Å². The second-order valence-corrected chi connectivity index (χ2v) is 5.58. The third-order valence-electron chi connectivity index (χ3n) is 2.71. The molecule has 0 aliphatic carbocycles. The van der Waals surface area contributed by atoms with Crippen LogP contribution in [0.3, 0.4) is 0 Å². The van der Waals surface area contributed by atoms with Crippen LogP contribution in [-0.4, -0.2) is 25.5 Å². The number of nitrogens with one attached hydrogen (secondary N) is 1. The fraction of sp³-hybridized carbons (Fsp3) is 0.462. The van der Waals surface area contributed by atoms with Gasteiger partial charge < -0.3 is 10.7 Å². The van der Waals surface area contributed by atoms with Gasteiger partial charge in [0.05, 0.1) is 0 Å². The van der Waals surface area contributed by atoms with Gasteiger partial charge in [-0.2, -0.15) is 5.10 Å². The van der Waals surface area contributed by atoms with Crippen molar-refractivity contribution in [1.29, 1.82) is 0 Å². The number of nitrogens with two attached hydrogens (primary N) is 1. The third kappa shape index (κ3) is 4.41. The maximum atomic E-state index is 11.5. The number of aromatic amines is 1. The molecule has 6 nitrogen and oxygen atoms in total. The number of rotatable bonds is 7. The topological polar surface area (TPSA) is 89.6 Å². The van der Waals surface area contributed by atoms with Crippen molar-refractivity contribution in [3.8, 4) is 0 Å². The quantitative estimate of drug-likeness (QED) is 0.460. The summed E-state index contributed by atoms with van der Waals surface area (Å²) in [5.74, 6) is 1.41. The molecule has 2 rings (SSSR count). The van der Waals surface area contributed by atoms with Crippen molar-refractivity contribution in [2.75, 3.05) is 11.5 Å². The molecule has 3 N–H and O–H groups in total. The molecule has 108 valence electrons. The first-order valence-corrected chi connectivity index (χ1v) is 7.68. The molecule has 20 heavy (non-hydrogen) atoms. The highest BCUT2D eigenvalue weighted by atomic mass is 32.2. The Labute approximate surface area is 121 Å². The third-order valence-corrected chi connectivity index (χ3v) is 3.67. The van der Waals surface area contributed by atoms with Gasteiger partial charge in [-0.3, -0.25) is 9.48 Å². The largest absolute Gasteiger partial charge is 0.382 e. The van der Waals surface area contributed by atoms with E-state index >= 15 is 0 Å². The van der Waals surface area contributed by atoms with Crippen LogP contribution in [0.25, 0.3) is 0 Å². The minimum absolute atomic E-state index is 0.0780. The molecule has 0 fully saturated rings. The number of H-pyrrole nitrogens is 1. The number of hydrogen-bond acceptors (Lipinski definition) is 5. The van der Waals surface area contributed by atoms with Crippen LogP contribution in [0.1, 0.15) is 25.5 Å². The minimum Gasteiger partial charge on any atom is -0.382 e. The number of hydrogen-bond donors (Lipinski definition) is 2. The zero-order chi connectivity index (χ0) is 14.4. The van der Waals surface area contributed by atoms with E-state index in [1.807, 2.05) is 10.9 Å². The van der Waals surface area contributed by atoms with Gasteiger partial charge in [-0.15, -0.1) is 0 Å². The first kappa shape index (κ1) is 14.6. The predicted octanol–water partition coefficient (Wildman–Crippen LogP) is 1.68. The fourth-order valence-corrected chi connectivity index (χ4v) is 2.65. The second-order valence-electron chi connectivity index (χ2n) is 4.50. The number of thioether (sulfide) groups is 1. The highest BCUT2D eigenvalue weighted by Crippen LogP contribution is 2.13. The van der Waals surface area contributed by atoms with Gasteiger partial charge in [0, 0.05) is 30.3 Å². The van der Waals surface area contributed by atoms with E-state index in [1.54, 1.807) is 23.9 Å². The van der Waals surface area contributed by atoms with Crippen molar-refractivity contribution < 1.29 is 0 Å². The first-order valence-electron chi connectivity index (χ1n) is 6.69. The van der Waals surface area contributed by atoms with Crippen molar-refractivity contribution in [2.24, 2.45) is 0 Å². The predicted molar refractivity (Wildman–Crippen MR) is 80.8 cm³/mol. The summed E-state index contributed by atoms with van der Waals surface area (Å²) < 4.78 is 1.82. The zero-order valence-electron chi connectivity index (χ0n) is 11.5. The van der Waals surface area contributed by atoms with E-state index in [1.165, 1.54) is 0 Å². The molecule has 0 saturated heterocycles. The Morgan fingerprint density at radius 1 is 1.50 bits per heavy atom. The van der Waals surface area contributed by atoms with Gasteiger partial charge in [-0.1, -0.05) is 25.1 Å². The molecule has 2 aromatic heterocycles. The zero-order valence-corrected chi connectivity index (χ0v) is 12.3. The van der Waals surface area contributed by atoms with Crippen LogP contribution < -0.4 is 11.3 Å². The smallest absolute Gasteiger partial charge is 0.251 e. The summed E-state index contributed by atoms with van der Waals surface area (Å²) >= 11 is 1.56. The molecule has 0 unspecified atom stereocenters. The Bertz CT molecular complexity index is 607. The highest BCUT2D eigenvalue weighted by Gasteiger charge is 2.02. The number of nitrogens with zero attached hydrogens (tertiary/aromatic N) is 3. The summed E-state index contributed by atoms with van der Waals surface area (Å²) in [6.07, 6.45) is 4.63. The Hall–Kier alpha value is -1.76. The molecule has 0 saturated carbocycles. The van der Waals surface area contributed by atoms with Crippen molar-refractivity contribution in [1.82, 2.24) is 19.7 Å². The highest BCUT2D eigenvalue weighted by molar-refractivity contribution is 7.99. The second kappa shape index (κ2) is 7.14. The summed E-state index contributed by atoms with van der Waals surface area (Å²) in [4.78, 5) is 18.7. The Kier molecular flexibility index (Phi) is 5.23. The van der Waals surface area contributed by atoms with Crippen LogP contribution >= 0.6 is 11.8 Å². The summed E-state index contributed by atoms with van der Waals surface area (Å²) in [5, 5.41) is 4.81. The molecule has 0 amide bonds. The summed E-state index contributed by atoms with van der Waals surface area (Å²) in [7, 11) is 0. The van der Waals surface area contributed by atoms with Crippen LogP contribution in [0, 0.1) is 0 Å². The molecule has 2 aromatic rings. The van der Waals surface area contributed by atoms with Crippen molar-refractivity contribution in [3.63, 3.8) is 0 Å². The van der Waals surface area contributed by atoms with Gasteiger partial charge >= 0.3 is 0 Å². The van der Waals surface area contributed by atoms with Gasteiger partial charge in [-0.25, -0.2) is 4.98 Å². The average molecular weight is 293 g/mol. The van der Waals surface area contributed by atoms with E-state index in [0.717, 1.165) is 37.3 Å². The lowest BCUT2D eigenvalue weighted by Crippen LogP contribution is -2.10. The molecular weight excluding hydrogens is 274 g/mol. The molecule has 7 heteroatoms. The number of aromatic nitrogens is 4. The standard InChI is InChI=1S/C13H19N5OS/c1-2-4-10-9-12(19)16-13(15-10)20-8-3-6-18-7-5-11(14)17-18/h5,7,9H,2-4,6,8H2,1H3,(H2,14,17)(H,15,16,19). The number of nitrogen functional groups attached to an aromatic ring is 1. The summed E-state index contributed by atoms with van der Waals surface area (Å²) in [5.41, 5.74) is 6.33. The van der Waals surface area contributed by atoms with E-state index in [2.05, 4.69) is 22.0 Å². The van der Waals surface area contributed by atoms with Gasteiger partial charge in [0.2, 0.25) is 0 Å². The molecule has 2 heterocycles. The van der Waals surface area contributed by atoms with Crippen LogP contribution in [0.2, 0.25) is 0 Å². The van der Waals surface area contributed by atoms with Gasteiger partial charge in [0.1, 0.15) is 5.82 Å². The van der Waals surface area contributed by atoms with Crippen LogP contribution in [0.15, 0.2) is 28.3 Å². The monoisotopic (exact) mass is 293 g/mol. The maximum absolute atomic E-state index is 11.5. The minimum atomic E-state index is -0.0780. The Balaban J connectivity index is 1.83. The van der Waals surface area contributed by atoms with Crippen molar-refractivity contribution in [3.05, 3.63) is 34.4 Å². The molecule has 0 aliphatic rings. The molecule has 0 bridgehead atoms. The fourth-order valence-electron chi connectivity index (χ4n) is 1.83. The van der Waals surface area contributed by atoms with E-state index in [9.17, 15) is 4.79 Å². The first-order chi connectivity index (χ1) is 9.67. The van der Waals surface area contributed by atoms with E-state index < -0.39 is 0 Å². The van der Waals surface area contributed by atoms with Crippen LogP contribution in [-0.2, 0) is 13.0 Å².